The molecule has 1 aromatic heterocycles. The first-order valence-electron chi connectivity index (χ1n) is 18.2. The number of para-hydroxylation sites is 2. The Balaban J connectivity index is 1.25. The Morgan fingerprint density at radius 3 is 1.87 bits per heavy atom. The van der Waals surface area contributed by atoms with Crippen molar-refractivity contribution in [1.29, 1.82) is 0 Å². The second kappa shape index (κ2) is 10.8. The highest BCUT2D eigenvalue weighted by molar-refractivity contribution is 6.25. The van der Waals surface area contributed by atoms with Gasteiger partial charge in [0.2, 0.25) is 0 Å². The van der Waals surface area contributed by atoms with Gasteiger partial charge >= 0.3 is 0 Å². The van der Waals surface area contributed by atoms with E-state index in [1.54, 1.807) is 0 Å². The molecule has 52 heavy (non-hydrogen) atoms. The smallest absolute Gasteiger partial charge is 0.143 e. The molecule has 0 atom stereocenters. The fourth-order valence-corrected chi connectivity index (χ4v) is 9.15. The van der Waals surface area contributed by atoms with Crippen LogP contribution in [0.15, 0.2) is 174 Å². The van der Waals surface area contributed by atoms with Crippen LogP contribution in [0.2, 0.25) is 0 Å². The van der Waals surface area contributed by atoms with Crippen LogP contribution in [0, 0.1) is 0 Å². The van der Waals surface area contributed by atoms with Crippen molar-refractivity contribution in [2.24, 2.45) is 0 Å². The lowest BCUT2D eigenvalue weighted by Crippen LogP contribution is -2.14. The summed E-state index contributed by atoms with van der Waals surface area (Å²) in [7, 11) is 0. The zero-order valence-corrected chi connectivity index (χ0v) is 29.1. The van der Waals surface area contributed by atoms with Crippen LogP contribution in [-0.2, 0) is 5.41 Å². The molecule has 1 aliphatic rings. The van der Waals surface area contributed by atoms with Crippen LogP contribution >= 0.6 is 0 Å². The number of benzene rings is 9. The van der Waals surface area contributed by atoms with Crippen LogP contribution < -0.4 is 0 Å². The van der Waals surface area contributed by atoms with E-state index in [4.69, 9.17) is 4.42 Å². The summed E-state index contributed by atoms with van der Waals surface area (Å²) in [4.78, 5) is 0. The Bertz CT molecular complexity index is 3100. The summed E-state index contributed by atoms with van der Waals surface area (Å²) < 4.78 is 6.69. The Morgan fingerprint density at radius 2 is 0.981 bits per heavy atom. The fourth-order valence-electron chi connectivity index (χ4n) is 9.15. The summed E-state index contributed by atoms with van der Waals surface area (Å²) in [5.74, 6) is 0. The SMILES string of the molecule is CC1(C)c2ccccc2-c2cc(-c3c4ccccc4c(-c4cccc5c4oc4ccccc45)c4ccc(-c5ccc6ccccc6c5)cc34)ccc21. The first-order chi connectivity index (χ1) is 25.5. The third kappa shape index (κ3) is 4.11. The van der Waals surface area contributed by atoms with E-state index >= 15 is 0 Å². The van der Waals surface area contributed by atoms with Crippen LogP contribution in [0.5, 0.6) is 0 Å². The molecule has 11 rings (SSSR count). The molecule has 244 valence electrons. The van der Waals surface area contributed by atoms with Gasteiger partial charge in [0.15, 0.2) is 0 Å². The van der Waals surface area contributed by atoms with E-state index in [1.165, 1.54) is 82.4 Å². The Labute approximate surface area is 302 Å². The molecule has 1 nitrogen and oxygen atoms in total. The Kier molecular flexibility index (Phi) is 6.08. The van der Waals surface area contributed by atoms with Crippen LogP contribution in [0.25, 0.3) is 98.8 Å². The fraction of sp³-hybridized carbons (Fsp3) is 0.0588. The van der Waals surface area contributed by atoms with Crippen molar-refractivity contribution in [2.75, 3.05) is 0 Å². The van der Waals surface area contributed by atoms with E-state index < -0.39 is 0 Å². The molecule has 0 saturated carbocycles. The normalized spacial score (nSPS) is 13.3. The highest BCUT2D eigenvalue weighted by Gasteiger charge is 2.35. The molecule has 1 heteroatoms. The highest BCUT2D eigenvalue weighted by Crippen LogP contribution is 2.52. The van der Waals surface area contributed by atoms with Gasteiger partial charge in [-0.15, -0.1) is 0 Å². The average Bonchev–Trinajstić information content (AvgIpc) is 3.68. The Morgan fingerprint density at radius 1 is 0.365 bits per heavy atom. The van der Waals surface area contributed by atoms with Gasteiger partial charge in [-0.25, -0.2) is 0 Å². The minimum atomic E-state index is -0.0486. The van der Waals surface area contributed by atoms with E-state index in [-0.39, 0.29) is 5.41 Å². The minimum Gasteiger partial charge on any atom is -0.455 e. The molecule has 0 spiro atoms. The molecule has 1 aliphatic carbocycles. The quantitative estimate of drug-likeness (QED) is 0.172. The van der Waals surface area contributed by atoms with Crippen molar-refractivity contribution >= 4 is 54.3 Å². The number of fused-ring (bicyclic) bond motifs is 9. The van der Waals surface area contributed by atoms with Crippen molar-refractivity contribution in [2.45, 2.75) is 19.3 Å². The van der Waals surface area contributed by atoms with Gasteiger partial charge in [-0.2, -0.15) is 0 Å². The predicted molar refractivity (Wildman–Crippen MR) is 220 cm³/mol. The lowest BCUT2D eigenvalue weighted by atomic mass is 9.81. The lowest BCUT2D eigenvalue weighted by molar-refractivity contribution is 0.660. The van der Waals surface area contributed by atoms with E-state index in [1.807, 2.05) is 0 Å². The van der Waals surface area contributed by atoms with Crippen molar-refractivity contribution in [3.05, 3.63) is 181 Å². The van der Waals surface area contributed by atoms with Gasteiger partial charge in [-0.1, -0.05) is 159 Å². The molecular weight excluding hydrogens is 629 g/mol. The van der Waals surface area contributed by atoms with Crippen molar-refractivity contribution in [1.82, 2.24) is 0 Å². The number of rotatable bonds is 3. The van der Waals surface area contributed by atoms with Gasteiger partial charge in [0.1, 0.15) is 11.2 Å². The van der Waals surface area contributed by atoms with Crippen LogP contribution in [-0.4, -0.2) is 0 Å². The highest BCUT2D eigenvalue weighted by atomic mass is 16.3. The summed E-state index contributed by atoms with van der Waals surface area (Å²) in [6, 6.07) is 62.5. The van der Waals surface area contributed by atoms with E-state index in [9.17, 15) is 0 Å². The second-order valence-electron chi connectivity index (χ2n) is 14.8. The van der Waals surface area contributed by atoms with Crippen LogP contribution in [0.3, 0.4) is 0 Å². The molecule has 0 bridgehead atoms. The zero-order valence-electron chi connectivity index (χ0n) is 29.1. The predicted octanol–water partition coefficient (Wildman–Crippen LogP) is 14.4. The minimum absolute atomic E-state index is 0.0486. The van der Waals surface area contributed by atoms with Gasteiger partial charge in [-0.3, -0.25) is 0 Å². The molecule has 0 N–H and O–H groups in total. The van der Waals surface area contributed by atoms with Crippen molar-refractivity contribution in [3.63, 3.8) is 0 Å². The van der Waals surface area contributed by atoms with Gasteiger partial charge in [0.05, 0.1) is 0 Å². The second-order valence-corrected chi connectivity index (χ2v) is 14.8. The summed E-state index contributed by atoms with van der Waals surface area (Å²) >= 11 is 0. The molecule has 0 fully saturated rings. The summed E-state index contributed by atoms with van der Waals surface area (Å²) in [6.45, 7) is 4.71. The third-order valence-corrected chi connectivity index (χ3v) is 11.7. The van der Waals surface area contributed by atoms with Crippen molar-refractivity contribution < 1.29 is 4.42 Å². The van der Waals surface area contributed by atoms with Crippen LogP contribution in [0.1, 0.15) is 25.0 Å². The summed E-state index contributed by atoms with van der Waals surface area (Å²) in [6.07, 6.45) is 0. The van der Waals surface area contributed by atoms with Gasteiger partial charge in [0.25, 0.3) is 0 Å². The largest absolute Gasteiger partial charge is 0.455 e. The Hall–Kier alpha value is -6.44. The molecule has 9 aromatic carbocycles. The summed E-state index contributed by atoms with van der Waals surface area (Å²) in [5, 5.41) is 9.69. The molecular formula is C51H34O. The standard InChI is InChI=1S/C51H34O/c1-51(2)45-20-9-7-14-36(45)43-30-35(25-27-46(43)51)48-38-16-5-6-17-39(38)49(42-19-11-18-41-37-15-8-10-21-47(37)52-50(41)42)40-26-24-34(29-44(40)48)33-23-22-31-12-3-4-13-32(31)28-33/h3-30H,1-2H3. The molecule has 0 radical (unpaired) electrons. The first kappa shape index (κ1) is 29.3. The lowest BCUT2D eigenvalue weighted by Gasteiger charge is -2.22. The van der Waals surface area contributed by atoms with E-state index in [0.29, 0.717) is 0 Å². The van der Waals surface area contributed by atoms with Crippen LogP contribution in [0.4, 0.5) is 0 Å². The maximum absolute atomic E-state index is 6.69. The third-order valence-electron chi connectivity index (χ3n) is 11.7. The number of furan rings is 1. The van der Waals surface area contributed by atoms with E-state index in [2.05, 4.69) is 184 Å². The molecule has 0 unspecified atom stereocenters. The molecule has 0 saturated heterocycles. The van der Waals surface area contributed by atoms with Gasteiger partial charge < -0.3 is 4.42 Å². The molecule has 10 aromatic rings. The summed E-state index contributed by atoms with van der Waals surface area (Å²) in [5.41, 5.74) is 14.5. The topological polar surface area (TPSA) is 13.1 Å². The van der Waals surface area contributed by atoms with Gasteiger partial charge in [-0.05, 0) is 101 Å². The average molecular weight is 663 g/mol. The van der Waals surface area contributed by atoms with Crippen molar-refractivity contribution in [3.8, 4) is 44.5 Å². The first-order valence-corrected chi connectivity index (χ1v) is 18.2. The maximum atomic E-state index is 6.69. The van der Waals surface area contributed by atoms with E-state index in [0.717, 1.165) is 27.5 Å². The van der Waals surface area contributed by atoms with Gasteiger partial charge in [0, 0.05) is 27.3 Å². The number of hydrogen-bond acceptors (Lipinski definition) is 1. The maximum Gasteiger partial charge on any atom is 0.143 e. The number of hydrogen-bond donors (Lipinski definition) is 0. The molecule has 0 amide bonds. The molecule has 1 heterocycles. The zero-order chi connectivity index (χ0) is 34.6. The monoisotopic (exact) mass is 662 g/mol. The molecule has 0 aliphatic heterocycles.